The molecule has 0 unspecified atom stereocenters. The summed E-state index contributed by atoms with van der Waals surface area (Å²) in [7, 11) is 0. The van der Waals surface area contributed by atoms with Crippen molar-refractivity contribution in [3.05, 3.63) is 0 Å². The zero-order valence-corrected chi connectivity index (χ0v) is 14.6. The standard InChI is InChI=1S/C11H25N2O2PS2/c1-7-13(8-2)11(17)12-16(18,14-9(3)4)15-10(5)6/h9-10H,7-8H2,1-6H3,(H,12,17,18). The van der Waals surface area contributed by atoms with Crippen molar-refractivity contribution in [1.29, 1.82) is 0 Å². The monoisotopic (exact) mass is 312 g/mol. The molecule has 108 valence electrons. The molecule has 0 spiro atoms. The van der Waals surface area contributed by atoms with Gasteiger partial charge in [0.25, 0.3) is 6.64 Å². The van der Waals surface area contributed by atoms with Crippen molar-refractivity contribution in [2.24, 2.45) is 0 Å². The summed E-state index contributed by atoms with van der Waals surface area (Å²) in [6.07, 6.45) is 0.00294. The van der Waals surface area contributed by atoms with Gasteiger partial charge in [-0.25, -0.2) is 0 Å². The molecule has 0 saturated carbocycles. The minimum atomic E-state index is -2.57. The van der Waals surface area contributed by atoms with Gasteiger partial charge in [-0.15, -0.1) is 0 Å². The molecule has 0 heterocycles. The van der Waals surface area contributed by atoms with Crippen LogP contribution in [-0.4, -0.2) is 35.3 Å². The van der Waals surface area contributed by atoms with E-state index in [0.717, 1.165) is 13.1 Å². The highest BCUT2D eigenvalue weighted by Crippen LogP contribution is 2.46. The second kappa shape index (κ2) is 8.43. The van der Waals surface area contributed by atoms with Crippen LogP contribution in [0.4, 0.5) is 0 Å². The first-order chi connectivity index (χ1) is 8.24. The average Bonchev–Trinajstić information content (AvgIpc) is 2.15. The van der Waals surface area contributed by atoms with Crippen LogP contribution in [0.1, 0.15) is 41.5 Å². The molecule has 0 aliphatic heterocycles. The Morgan fingerprint density at radius 2 is 1.50 bits per heavy atom. The van der Waals surface area contributed by atoms with Crippen molar-refractivity contribution >= 4 is 35.8 Å². The Bertz CT molecular complexity index is 293. The number of hydrogen-bond donors (Lipinski definition) is 1. The molecule has 4 nitrogen and oxygen atoms in total. The van der Waals surface area contributed by atoms with E-state index >= 15 is 0 Å². The third-order valence-corrected chi connectivity index (χ3v) is 5.17. The molecule has 0 aliphatic rings. The first kappa shape index (κ1) is 18.3. The molecule has 0 radical (unpaired) electrons. The zero-order chi connectivity index (χ0) is 14.3. The van der Waals surface area contributed by atoms with Gasteiger partial charge in [0.2, 0.25) is 0 Å². The topological polar surface area (TPSA) is 33.7 Å². The minimum absolute atomic E-state index is 0.00147. The summed E-state index contributed by atoms with van der Waals surface area (Å²) in [5, 5.41) is 3.70. The van der Waals surface area contributed by atoms with Crippen LogP contribution in [0.3, 0.4) is 0 Å². The molecular formula is C11H25N2O2PS2. The Hall–Kier alpha value is 0.260. The third kappa shape index (κ3) is 7.00. The fourth-order valence-electron chi connectivity index (χ4n) is 1.33. The van der Waals surface area contributed by atoms with Crippen LogP contribution in [0, 0.1) is 0 Å². The molecule has 0 aliphatic carbocycles. The van der Waals surface area contributed by atoms with Gasteiger partial charge in [0.1, 0.15) is 0 Å². The molecule has 0 aromatic heterocycles. The molecule has 0 aromatic carbocycles. The van der Waals surface area contributed by atoms with Crippen LogP contribution in [0.15, 0.2) is 0 Å². The SMILES string of the molecule is CCN(CC)C(=S)NP(=S)(OC(C)C)OC(C)C. The van der Waals surface area contributed by atoms with E-state index in [1.807, 2.05) is 46.4 Å². The summed E-state index contributed by atoms with van der Waals surface area (Å²) in [5.74, 6) is 0. The van der Waals surface area contributed by atoms with Crippen LogP contribution in [0.5, 0.6) is 0 Å². The van der Waals surface area contributed by atoms with Crippen molar-refractivity contribution in [2.45, 2.75) is 53.8 Å². The number of hydrogen-bond acceptors (Lipinski definition) is 4. The Kier molecular flexibility index (Phi) is 8.56. The lowest BCUT2D eigenvalue weighted by atomic mass is 10.5. The fraction of sp³-hybridized carbons (Fsp3) is 0.909. The van der Waals surface area contributed by atoms with Crippen molar-refractivity contribution in [1.82, 2.24) is 9.99 Å². The molecule has 0 aromatic rings. The van der Waals surface area contributed by atoms with Crippen LogP contribution in [0.2, 0.25) is 0 Å². The fourth-order valence-corrected chi connectivity index (χ4v) is 5.06. The Balaban J connectivity index is 4.78. The molecular weight excluding hydrogens is 287 g/mol. The van der Waals surface area contributed by atoms with Gasteiger partial charge in [0, 0.05) is 13.1 Å². The zero-order valence-electron chi connectivity index (χ0n) is 12.1. The largest absolute Gasteiger partial charge is 0.350 e. The van der Waals surface area contributed by atoms with Gasteiger partial charge in [-0.1, -0.05) is 0 Å². The van der Waals surface area contributed by atoms with E-state index in [-0.39, 0.29) is 12.2 Å². The summed E-state index contributed by atoms with van der Waals surface area (Å²) >= 11 is 10.8. The Morgan fingerprint density at radius 1 is 1.11 bits per heavy atom. The van der Waals surface area contributed by atoms with Crippen LogP contribution >= 0.6 is 18.9 Å². The maximum absolute atomic E-state index is 5.74. The first-order valence-electron chi connectivity index (χ1n) is 6.28. The molecule has 0 bridgehead atoms. The van der Waals surface area contributed by atoms with E-state index in [2.05, 4.69) is 5.09 Å². The van der Waals surface area contributed by atoms with E-state index in [4.69, 9.17) is 33.1 Å². The van der Waals surface area contributed by atoms with E-state index < -0.39 is 6.64 Å². The van der Waals surface area contributed by atoms with Crippen LogP contribution in [-0.2, 0) is 20.9 Å². The maximum Gasteiger partial charge on any atom is 0.289 e. The quantitative estimate of drug-likeness (QED) is 0.574. The van der Waals surface area contributed by atoms with Crippen molar-refractivity contribution in [3.63, 3.8) is 0 Å². The van der Waals surface area contributed by atoms with Crippen LogP contribution < -0.4 is 5.09 Å². The van der Waals surface area contributed by atoms with E-state index in [9.17, 15) is 0 Å². The molecule has 0 rings (SSSR count). The molecule has 18 heavy (non-hydrogen) atoms. The van der Waals surface area contributed by atoms with Gasteiger partial charge in [0.05, 0.1) is 12.2 Å². The molecule has 0 saturated heterocycles. The second-order valence-electron chi connectivity index (χ2n) is 4.40. The highest BCUT2D eigenvalue weighted by Gasteiger charge is 2.25. The molecule has 0 amide bonds. The molecule has 0 fully saturated rings. The van der Waals surface area contributed by atoms with E-state index in [0.29, 0.717) is 5.11 Å². The van der Waals surface area contributed by atoms with Crippen molar-refractivity contribution in [2.75, 3.05) is 13.1 Å². The Labute approximate surface area is 122 Å². The lowest BCUT2D eigenvalue weighted by Crippen LogP contribution is -2.39. The summed E-state index contributed by atoms with van der Waals surface area (Å²) in [6.45, 7) is 10.9. The lowest BCUT2D eigenvalue weighted by Gasteiger charge is -2.31. The number of nitrogens with zero attached hydrogens (tertiary/aromatic N) is 1. The summed E-state index contributed by atoms with van der Waals surface area (Å²) < 4.78 is 11.5. The summed E-state index contributed by atoms with van der Waals surface area (Å²) in [6, 6.07) is 0. The average molecular weight is 312 g/mol. The second-order valence-corrected chi connectivity index (χ2v) is 7.86. The van der Waals surface area contributed by atoms with Crippen molar-refractivity contribution in [3.8, 4) is 0 Å². The first-order valence-corrected chi connectivity index (χ1v) is 9.32. The van der Waals surface area contributed by atoms with Gasteiger partial charge in [-0.3, -0.25) is 5.09 Å². The third-order valence-electron chi connectivity index (χ3n) is 1.98. The smallest absolute Gasteiger partial charge is 0.289 e. The van der Waals surface area contributed by atoms with E-state index in [1.165, 1.54) is 0 Å². The summed E-state index contributed by atoms with van der Waals surface area (Å²) in [4.78, 5) is 2.02. The summed E-state index contributed by atoms with van der Waals surface area (Å²) in [5.41, 5.74) is 0. The lowest BCUT2D eigenvalue weighted by molar-refractivity contribution is 0.172. The van der Waals surface area contributed by atoms with Gasteiger partial charge in [0.15, 0.2) is 5.11 Å². The van der Waals surface area contributed by atoms with Crippen LogP contribution in [0.25, 0.3) is 0 Å². The van der Waals surface area contributed by atoms with Gasteiger partial charge < -0.3 is 13.9 Å². The van der Waals surface area contributed by atoms with E-state index in [1.54, 1.807) is 0 Å². The van der Waals surface area contributed by atoms with Gasteiger partial charge in [-0.05, 0) is 65.6 Å². The highest BCUT2D eigenvalue weighted by molar-refractivity contribution is 8.09. The molecule has 0 atom stereocenters. The van der Waals surface area contributed by atoms with Crippen molar-refractivity contribution < 1.29 is 9.05 Å². The van der Waals surface area contributed by atoms with Gasteiger partial charge >= 0.3 is 0 Å². The normalized spacial score (nSPS) is 12.0. The maximum atomic E-state index is 5.74. The predicted molar refractivity (Wildman–Crippen MR) is 85.4 cm³/mol. The van der Waals surface area contributed by atoms with Gasteiger partial charge in [-0.2, -0.15) is 0 Å². The Morgan fingerprint density at radius 3 is 1.78 bits per heavy atom. The molecule has 1 N–H and O–H groups in total. The number of nitrogens with one attached hydrogen (secondary N) is 1. The minimum Gasteiger partial charge on any atom is -0.350 e. The number of thiocarbonyl (C=S) groups is 1. The molecule has 7 heteroatoms. The number of rotatable bonds is 7. The highest BCUT2D eigenvalue weighted by atomic mass is 32.5. The predicted octanol–water partition coefficient (Wildman–Crippen LogP) is 3.28.